The Morgan fingerprint density at radius 1 is 1.44 bits per heavy atom. The van der Waals surface area contributed by atoms with Crippen molar-refractivity contribution in [2.75, 3.05) is 20.1 Å². The first-order valence-corrected chi connectivity index (χ1v) is 5.33. The summed E-state index contributed by atoms with van der Waals surface area (Å²) in [7, 11) is 1.76. The van der Waals surface area contributed by atoms with Crippen LogP contribution in [0.4, 0.5) is 4.39 Å². The zero-order valence-electron chi connectivity index (χ0n) is 9.46. The highest BCUT2D eigenvalue weighted by Gasteiger charge is 2.26. The molecule has 0 saturated carbocycles. The molecule has 86 valence electrons. The highest BCUT2D eigenvalue weighted by molar-refractivity contribution is 5.94. The average Bonchev–Trinajstić information content (AvgIpc) is 2.12. The van der Waals surface area contributed by atoms with Crippen LogP contribution in [0.5, 0.6) is 0 Å². The number of hydrogen-bond acceptors (Lipinski definition) is 2. The Bertz CT molecular complexity index is 395. The number of rotatable bonds is 2. The van der Waals surface area contributed by atoms with E-state index in [1.807, 2.05) is 0 Å². The third kappa shape index (κ3) is 2.07. The van der Waals surface area contributed by atoms with Gasteiger partial charge in [-0.25, -0.2) is 4.39 Å². The van der Waals surface area contributed by atoms with Crippen molar-refractivity contribution >= 4 is 5.91 Å². The van der Waals surface area contributed by atoms with Gasteiger partial charge in [0.15, 0.2) is 0 Å². The van der Waals surface area contributed by atoms with Crippen LogP contribution in [0.2, 0.25) is 0 Å². The smallest absolute Gasteiger partial charge is 0.254 e. The van der Waals surface area contributed by atoms with Gasteiger partial charge in [-0.1, -0.05) is 0 Å². The third-order valence-corrected chi connectivity index (χ3v) is 2.92. The Morgan fingerprint density at radius 2 is 2.12 bits per heavy atom. The third-order valence-electron chi connectivity index (χ3n) is 2.92. The summed E-state index contributed by atoms with van der Waals surface area (Å²) in [6, 6.07) is 4.66. The number of carbonyl (C=O) groups excluding carboxylic acids is 1. The van der Waals surface area contributed by atoms with Crippen LogP contribution >= 0.6 is 0 Å². The van der Waals surface area contributed by atoms with E-state index >= 15 is 0 Å². The van der Waals surface area contributed by atoms with Gasteiger partial charge >= 0.3 is 0 Å². The fourth-order valence-corrected chi connectivity index (χ4v) is 1.78. The van der Waals surface area contributed by atoms with Gasteiger partial charge in [-0.15, -0.1) is 0 Å². The van der Waals surface area contributed by atoms with Crippen molar-refractivity contribution in [2.45, 2.75) is 13.0 Å². The molecule has 1 N–H and O–H groups in total. The molecule has 16 heavy (non-hydrogen) atoms. The van der Waals surface area contributed by atoms with Crippen molar-refractivity contribution in [1.82, 2.24) is 10.2 Å². The summed E-state index contributed by atoms with van der Waals surface area (Å²) in [6.45, 7) is 3.41. The normalized spacial score (nSPS) is 15.7. The van der Waals surface area contributed by atoms with E-state index in [1.54, 1.807) is 24.9 Å². The first-order valence-electron chi connectivity index (χ1n) is 5.33. The molecule has 0 atom stereocenters. The van der Waals surface area contributed by atoms with E-state index in [-0.39, 0.29) is 17.8 Å². The molecule has 0 spiro atoms. The first kappa shape index (κ1) is 11.1. The zero-order valence-corrected chi connectivity index (χ0v) is 9.46. The van der Waals surface area contributed by atoms with Crippen LogP contribution in [0, 0.1) is 12.7 Å². The SMILES string of the molecule is Cc1cc(F)cc(C(=O)N(C)C2CNC2)c1. The van der Waals surface area contributed by atoms with Crippen LogP contribution in [-0.4, -0.2) is 37.0 Å². The molecular weight excluding hydrogens is 207 g/mol. The summed E-state index contributed by atoms with van der Waals surface area (Å²) in [5.74, 6) is -0.474. The number of halogens is 1. The van der Waals surface area contributed by atoms with E-state index < -0.39 is 0 Å². The van der Waals surface area contributed by atoms with Gasteiger partial charge in [-0.3, -0.25) is 4.79 Å². The lowest BCUT2D eigenvalue weighted by Crippen LogP contribution is -2.57. The van der Waals surface area contributed by atoms with Gasteiger partial charge in [-0.2, -0.15) is 0 Å². The molecular formula is C12H15FN2O. The summed E-state index contributed by atoms with van der Waals surface area (Å²) >= 11 is 0. The summed E-state index contributed by atoms with van der Waals surface area (Å²) in [4.78, 5) is 13.7. The van der Waals surface area contributed by atoms with Crippen LogP contribution in [-0.2, 0) is 0 Å². The van der Waals surface area contributed by atoms with Crippen LogP contribution < -0.4 is 5.32 Å². The van der Waals surface area contributed by atoms with E-state index in [0.717, 1.165) is 18.7 Å². The first-order chi connectivity index (χ1) is 7.58. The molecule has 1 amide bonds. The van der Waals surface area contributed by atoms with Crippen LogP contribution in [0.15, 0.2) is 18.2 Å². The van der Waals surface area contributed by atoms with Gasteiger partial charge in [0.2, 0.25) is 0 Å². The number of benzene rings is 1. The lowest BCUT2D eigenvalue weighted by Gasteiger charge is -2.35. The fraction of sp³-hybridized carbons (Fsp3) is 0.417. The van der Waals surface area contributed by atoms with Crippen LogP contribution in [0.3, 0.4) is 0 Å². The van der Waals surface area contributed by atoms with E-state index in [4.69, 9.17) is 0 Å². The minimum Gasteiger partial charge on any atom is -0.336 e. The maximum absolute atomic E-state index is 13.2. The molecule has 1 fully saturated rings. The minimum atomic E-state index is -0.358. The van der Waals surface area contributed by atoms with Crippen molar-refractivity contribution in [3.05, 3.63) is 35.1 Å². The molecule has 1 aromatic carbocycles. The molecule has 0 aromatic heterocycles. The van der Waals surface area contributed by atoms with E-state index in [0.29, 0.717) is 5.56 Å². The van der Waals surface area contributed by atoms with Crippen molar-refractivity contribution < 1.29 is 9.18 Å². The summed E-state index contributed by atoms with van der Waals surface area (Å²) in [5, 5.41) is 3.10. The molecule has 0 unspecified atom stereocenters. The van der Waals surface area contributed by atoms with E-state index in [2.05, 4.69) is 5.32 Å². The quantitative estimate of drug-likeness (QED) is 0.815. The lowest BCUT2D eigenvalue weighted by molar-refractivity contribution is 0.0680. The summed E-state index contributed by atoms with van der Waals surface area (Å²) in [6.07, 6.45) is 0. The maximum Gasteiger partial charge on any atom is 0.254 e. The van der Waals surface area contributed by atoms with Crippen LogP contribution in [0.1, 0.15) is 15.9 Å². The Morgan fingerprint density at radius 3 is 2.62 bits per heavy atom. The Kier molecular flexibility index (Phi) is 2.92. The Hall–Kier alpha value is -1.42. The Balaban J connectivity index is 2.19. The molecule has 1 aliphatic heterocycles. The van der Waals surface area contributed by atoms with Gasteiger partial charge in [0.05, 0.1) is 6.04 Å². The predicted molar refractivity (Wildman–Crippen MR) is 59.9 cm³/mol. The Labute approximate surface area is 94.3 Å². The van der Waals surface area contributed by atoms with Gasteiger partial charge in [-0.05, 0) is 30.7 Å². The molecule has 4 heteroatoms. The second kappa shape index (κ2) is 4.22. The van der Waals surface area contributed by atoms with Gasteiger partial charge in [0, 0.05) is 25.7 Å². The topological polar surface area (TPSA) is 32.3 Å². The summed E-state index contributed by atoms with van der Waals surface area (Å²) in [5.41, 5.74) is 1.19. The van der Waals surface area contributed by atoms with E-state index in [9.17, 15) is 9.18 Å². The molecule has 0 bridgehead atoms. The zero-order chi connectivity index (χ0) is 11.7. The molecule has 1 aromatic rings. The highest BCUT2D eigenvalue weighted by Crippen LogP contribution is 2.13. The number of amides is 1. The second-order valence-electron chi connectivity index (χ2n) is 4.25. The number of nitrogens with zero attached hydrogens (tertiary/aromatic N) is 1. The number of aryl methyl sites for hydroxylation is 1. The molecule has 3 nitrogen and oxygen atoms in total. The van der Waals surface area contributed by atoms with Crippen molar-refractivity contribution in [3.63, 3.8) is 0 Å². The predicted octanol–water partition coefficient (Wildman–Crippen LogP) is 1.18. The van der Waals surface area contributed by atoms with Gasteiger partial charge < -0.3 is 10.2 Å². The fourth-order valence-electron chi connectivity index (χ4n) is 1.78. The molecule has 1 aliphatic rings. The highest BCUT2D eigenvalue weighted by atomic mass is 19.1. The molecule has 0 radical (unpaired) electrons. The van der Waals surface area contributed by atoms with Crippen LogP contribution in [0.25, 0.3) is 0 Å². The van der Waals surface area contributed by atoms with Crippen molar-refractivity contribution in [2.24, 2.45) is 0 Å². The molecule has 1 saturated heterocycles. The van der Waals surface area contributed by atoms with Gasteiger partial charge in [0.1, 0.15) is 5.82 Å². The molecule has 1 heterocycles. The van der Waals surface area contributed by atoms with E-state index in [1.165, 1.54) is 12.1 Å². The minimum absolute atomic E-state index is 0.117. The monoisotopic (exact) mass is 222 g/mol. The number of likely N-dealkylation sites (N-methyl/N-ethyl adjacent to an activating group) is 1. The largest absolute Gasteiger partial charge is 0.336 e. The lowest BCUT2D eigenvalue weighted by atomic mass is 10.1. The maximum atomic E-state index is 13.2. The standard InChI is InChI=1S/C12H15FN2O/c1-8-3-9(5-10(13)4-8)12(16)15(2)11-6-14-7-11/h3-5,11,14H,6-7H2,1-2H3. The number of carbonyl (C=O) groups is 1. The number of hydrogen-bond donors (Lipinski definition) is 1. The molecule has 2 rings (SSSR count). The molecule has 0 aliphatic carbocycles. The van der Waals surface area contributed by atoms with Gasteiger partial charge in [0.25, 0.3) is 5.91 Å². The average molecular weight is 222 g/mol. The summed E-state index contributed by atoms with van der Waals surface area (Å²) < 4.78 is 13.2. The second-order valence-corrected chi connectivity index (χ2v) is 4.25. The van der Waals surface area contributed by atoms with Crippen molar-refractivity contribution in [3.8, 4) is 0 Å². The number of nitrogens with one attached hydrogen (secondary N) is 1. The van der Waals surface area contributed by atoms with Crippen molar-refractivity contribution in [1.29, 1.82) is 0 Å².